The van der Waals surface area contributed by atoms with Crippen molar-refractivity contribution >= 4 is 12.1 Å². The highest BCUT2D eigenvalue weighted by Gasteiger charge is 2.21. The lowest BCUT2D eigenvalue weighted by molar-refractivity contribution is -0.147. The van der Waals surface area contributed by atoms with E-state index in [1.54, 1.807) is 32.9 Å². The first-order chi connectivity index (χ1) is 9.60. The lowest BCUT2D eigenvalue weighted by Crippen LogP contribution is -2.42. The van der Waals surface area contributed by atoms with Crippen LogP contribution in [-0.2, 0) is 20.9 Å². The molecule has 1 aromatic carbocycles. The number of amides is 1. The first kappa shape index (κ1) is 14.4. The summed E-state index contributed by atoms with van der Waals surface area (Å²) in [5.41, 5.74) is 0.104. The SMILES string of the molecule is [2H]C(C)(NC(=O)OC(C)(C)C)C(=O)OCc1ccccc1. The molecule has 1 atom stereocenters. The van der Waals surface area contributed by atoms with Gasteiger partial charge in [-0.1, -0.05) is 30.3 Å². The lowest BCUT2D eigenvalue weighted by Gasteiger charge is -2.21. The van der Waals surface area contributed by atoms with Crippen molar-refractivity contribution in [2.45, 2.75) is 45.9 Å². The van der Waals surface area contributed by atoms with E-state index in [0.29, 0.717) is 0 Å². The van der Waals surface area contributed by atoms with Gasteiger partial charge in [0.2, 0.25) is 0 Å². The number of carbonyl (C=O) groups is 2. The molecule has 0 saturated heterocycles. The van der Waals surface area contributed by atoms with E-state index in [2.05, 4.69) is 5.32 Å². The van der Waals surface area contributed by atoms with Gasteiger partial charge in [-0.05, 0) is 33.3 Å². The van der Waals surface area contributed by atoms with Crippen LogP contribution in [0.5, 0.6) is 0 Å². The summed E-state index contributed by atoms with van der Waals surface area (Å²) in [5, 5.41) is 2.18. The average Bonchev–Trinajstić information content (AvgIpc) is 2.34. The maximum absolute atomic E-state index is 11.9. The number of rotatable bonds is 4. The molecule has 0 aliphatic carbocycles. The van der Waals surface area contributed by atoms with Gasteiger partial charge in [-0.15, -0.1) is 0 Å². The molecule has 0 saturated carbocycles. The topological polar surface area (TPSA) is 64.6 Å². The number of esters is 1. The van der Waals surface area contributed by atoms with Crippen LogP contribution in [0.2, 0.25) is 0 Å². The van der Waals surface area contributed by atoms with Crippen molar-refractivity contribution in [1.82, 2.24) is 5.32 Å². The first-order valence-corrected chi connectivity index (χ1v) is 6.32. The van der Waals surface area contributed by atoms with Crippen LogP contribution in [0.25, 0.3) is 0 Å². The van der Waals surface area contributed by atoms with Gasteiger partial charge in [0.1, 0.15) is 18.2 Å². The molecule has 1 rings (SSSR count). The van der Waals surface area contributed by atoms with Gasteiger partial charge in [0.05, 0.1) is 1.37 Å². The van der Waals surface area contributed by atoms with Crippen molar-refractivity contribution < 1.29 is 20.4 Å². The van der Waals surface area contributed by atoms with Crippen molar-refractivity contribution in [2.75, 3.05) is 0 Å². The summed E-state index contributed by atoms with van der Waals surface area (Å²) in [6.45, 7) is 6.37. The Morgan fingerprint density at radius 1 is 1.30 bits per heavy atom. The van der Waals surface area contributed by atoms with E-state index in [1.807, 2.05) is 18.2 Å². The van der Waals surface area contributed by atoms with E-state index < -0.39 is 23.7 Å². The largest absolute Gasteiger partial charge is 0.459 e. The van der Waals surface area contributed by atoms with Crippen molar-refractivity contribution in [1.29, 1.82) is 0 Å². The highest BCUT2D eigenvalue weighted by molar-refractivity contribution is 5.81. The quantitative estimate of drug-likeness (QED) is 0.861. The van der Waals surface area contributed by atoms with Crippen molar-refractivity contribution in [3.8, 4) is 0 Å². The molecule has 110 valence electrons. The number of hydrogen-bond donors (Lipinski definition) is 1. The van der Waals surface area contributed by atoms with Crippen LogP contribution in [0.4, 0.5) is 4.79 Å². The molecule has 20 heavy (non-hydrogen) atoms. The summed E-state index contributed by atoms with van der Waals surface area (Å²) in [7, 11) is 0. The summed E-state index contributed by atoms with van der Waals surface area (Å²) < 4.78 is 17.9. The molecular weight excluding hydrogens is 258 g/mol. The van der Waals surface area contributed by atoms with E-state index in [9.17, 15) is 9.59 Å². The summed E-state index contributed by atoms with van der Waals surface area (Å²) >= 11 is 0. The Morgan fingerprint density at radius 2 is 1.90 bits per heavy atom. The Kier molecular flexibility index (Phi) is 4.98. The molecule has 0 aliphatic heterocycles. The highest BCUT2D eigenvalue weighted by atomic mass is 16.6. The van der Waals surface area contributed by atoms with E-state index in [0.717, 1.165) is 5.56 Å². The number of ether oxygens (including phenoxy) is 2. The van der Waals surface area contributed by atoms with Gasteiger partial charge in [0.25, 0.3) is 0 Å². The average molecular weight is 280 g/mol. The zero-order valence-corrected chi connectivity index (χ0v) is 12.2. The predicted molar refractivity (Wildman–Crippen MR) is 75.1 cm³/mol. The van der Waals surface area contributed by atoms with Crippen LogP contribution in [0.15, 0.2) is 30.3 Å². The fourth-order valence-electron chi connectivity index (χ4n) is 1.34. The summed E-state index contributed by atoms with van der Waals surface area (Å²) in [4.78, 5) is 23.5. The molecule has 5 heteroatoms. The van der Waals surface area contributed by atoms with E-state index in [1.165, 1.54) is 6.92 Å². The van der Waals surface area contributed by atoms with E-state index >= 15 is 0 Å². The minimum Gasteiger partial charge on any atom is -0.459 e. The second-order valence-electron chi connectivity index (χ2n) is 5.31. The molecule has 0 aromatic heterocycles. The van der Waals surface area contributed by atoms with Crippen LogP contribution in [0.1, 0.15) is 34.6 Å². The summed E-state index contributed by atoms with van der Waals surface area (Å²) in [6, 6.07) is 7.19. The molecule has 0 spiro atoms. The molecule has 0 radical (unpaired) electrons. The van der Waals surface area contributed by atoms with Crippen molar-refractivity contribution in [2.24, 2.45) is 0 Å². The number of benzene rings is 1. The van der Waals surface area contributed by atoms with Crippen LogP contribution in [0, 0.1) is 0 Å². The Bertz CT molecular complexity index is 494. The van der Waals surface area contributed by atoms with Gasteiger partial charge in [-0.3, -0.25) is 0 Å². The fourth-order valence-corrected chi connectivity index (χ4v) is 1.34. The maximum atomic E-state index is 11.9. The second-order valence-corrected chi connectivity index (χ2v) is 5.31. The minimum atomic E-state index is -1.91. The lowest BCUT2D eigenvalue weighted by atomic mass is 10.2. The van der Waals surface area contributed by atoms with Gasteiger partial charge in [0.15, 0.2) is 0 Å². The molecule has 0 heterocycles. The smallest absolute Gasteiger partial charge is 0.408 e. The van der Waals surface area contributed by atoms with E-state index in [4.69, 9.17) is 10.8 Å². The standard InChI is InChI=1S/C15H21NO4/c1-11(16-14(18)20-15(2,3)4)13(17)19-10-12-8-6-5-7-9-12/h5-9,11H,10H2,1-4H3,(H,16,18)/i11D. The first-order valence-electron chi connectivity index (χ1n) is 6.82. The third-order valence-corrected chi connectivity index (χ3v) is 2.21. The molecule has 0 bridgehead atoms. The fraction of sp³-hybridized carbons (Fsp3) is 0.467. The van der Waals surface area contributed by atoms with Gasteiger partial charge in [-0.2, -0.15) is 0 Å². The van der Waals surface area contributed by atoms with Crippen LogP contribution >= 0.6 is 0 Å². The predicted octanol–water partition coefficient (Wildman–Crippen LogP) is 2.64. The number of alkyl carbamates (subject to hydrolysis) is 1. The van der Waals surface area contributed by atoms with Crippen molar-refractivity contribution in [3.63, 3.8) is 0 Å². The molecule has 0 fully saturated rings. The Hall–Kier alpha value is -2.04. The highest BCUT2D eigenvalue weighted by Crippen LogP contribution is 2.07. The Balaban J connectivity index is 2.53. The molecule has 0 aliphatic rings. The molecule has 1 unspecified atom stereocenters. The van der Waals surface area contributed by atoms with Gasteiger partial charge in [-0.25, -0.2) is 9.59 Å². The third-order valence-electron chi connectivity index (χ3n) is 2.21. The number of hydrogen-bond acceptors (Lipinski definition) is 4. The van der Waals surface area contributed by atoms with E-state index in [-0.39, 0.29) is 6.61 Å². The van der Waals surface area contributed by atoms with Crippen molar-refractivity contribution in [3.05, 3.63) is 35.9 Å². The normalized spacial score (nSPS) is 14.7. The molecule has 1 N–H and O–H groups in total. The number of nitrogens with one attached hydrogen (secondary N) is 1. The van der Waals surface area contributed by atoms with Gasteiger partial charge in [0, 0.05) is 0 Å². The van der Waals surface area contributed by atoms with Gasteiger partial charge < -0.3 is 14.8 Å². The molecular formula is C15H21NO4. The van der Waals surface area contributed by atoms with Crippen LogP contribution in [-0.4, -0.2) is 23.7 Å². The minimum absolute atomic E-state index is 0.0458. The van der Waals surface area contributed by atoms with Crippen LogP contribution < -0.4 is 5.32 Å². The summed E-state index contributed by atoms with van der Waals surface area (Å²) in [6.07, 6.45) is -0.836. The third kappa shape index (κ3) is 6.22. The molecule has 5 nitrogen and oxygen atoms in total. The molecule has 1 aromatic rings. The Labute approximate surface area is 120 Å². The second kappa shape index (κ2) is 6.93. The van der Waals surface area contributed by atoms with Crippen LogP contribution in [0.3, 0.4) is 0 Å². The van der Waals surface area contributed by atoms with Gasteiger partial charge >= 0.3 is 12.1 Å². The zero-order valence-electron chi connectivity index (χ0n) is 13.2. The zero-order chi connectivity index (χ0) is 16.1. The maximum Gasteiger partial charge on any atom is 0.408 e. The molecule has 1 amide bonds. The monoisotopic (exact) mass is 280 g/mol. The Morgan fingerprint density at radius 3 is 2.45 bits per heavy atom. The summed E-state index contributed by atoms with van der Waals surface area (Å²) in [5.74, 6) is -0.850. The number of carbonyl (C=O) groups excluding carboxylic acids is 2.